The second-order valence-corrected chi connectivity index (χ2v) is 2.79. The maximum Gasteiger partial charge on any atom is 0.123 e. The van der Waals surface area contributed by atoms with Gasteiger partial charge in [0.05, 0.1) is 0 Å². The molecule has 2 nitrogen and oxygen atoms in total. The third-order valence-corrected chi connectivity index (χ3v) is 1.79. The smallest absolute Gasteiger partial charge is 0.123 e. The topological polar surface area (TPSA) is 40.5 Å². The largest absolute Gasteiger partial charge is 0.508 e. The van der Waals surface area contributed by atoms with Crippen molar-refractivity contribution in [3.8, 4) is 5.75 Å². The highest BCUT2D eigenvalue weighted by atomic mass is 19.1. The van der Waals surface area contributed by atoms with Crippen LogP contribution in [-0.2, 0) is 0 Å². The molecule has 0 amide bonds. The van der Waals surface area contributed by atoms with E-state index >= 15 is 0 Å². The molecule has 12 heavy (non-hydrogen) atoms. The summed E-state index contributed by atoms with van der Waals surface area (Å²) in [5.74, 6) is -0.609. The highest BCUT2D eigenvalue weighted by Crippen LogP contribution is 2.25. The lowest BCUT2D eigenvalue weighted by molar-refractivity contribution is 0.270. The lowest BCUT2D eigenvalue weighted by atomic mass is 10.0. The number of aliphatic hydroxyl groups excluding tert-OH is 1. The minimum Gasteiger partial charge on any atom is -0.508 e. The molecule has 1 aromatic rings. The Kier molecular flexibility index (Phi) is 2.65. The highest BCUT2D eigenvalue weighted by Gasteiger charge is 2.09. The van der Waals surface area contributed by atoms with Crippen LogP contribution in [0, 0.1) is 5.82 Å². The first-order valence-electron chi connectivity index (χ1n) is 3.74. The molecule has 0 bridgehead atoms. The molecule has 0 aliphatic carbocycles. The van der Waals surface area contributed by atoms with Gasteiger partial charge in [0.2, 0.25) is 0 Å². The summed E-state index contributed by atoms with van der Waals surface area (Å²) in [6.45, 7) is 1.62. The lowest BCUT2D eigenvalue weighted by Gasteiger charge is -2.09. The van der Waals surface area contributed by atoms with Gasteiger partial charge in [-0.2, -0.15) is 0 Å². The average molecular weight is 170 g/mol. The van der Waals surface area contributed by atoms with Gasteiger partial charge in [0.1, 0.15) is 11.6 Å². The molecule has 1 rings (SSSR count). The number of aromatic hydroxyl groups is 1. The zero-order valence-electron chi connectivity index (χ0n) is 6.79. The molecule has 0 saturated heterocycles. The van der Waals surface area contributed by atoms with Crippen LogP contribution < -0.4 is 0 Å². The van der Waals surface area contributed by atoms with Gasteiger partial charge in [-0.05, 0) is 18.2 Å². The Morgan fingerprint density at radius 3 is 2.75 bits per heavy atom. The fourth-order valence-electron chi connectivity index (χ4n) is 1.02. The second-order valence-electron chi connectivity index (χ2n) is 2.79. The quantitative estimate of drug-likeness (QED) is 0.708. The van der Waals surface area contributed by atoms with Gasteiger partial charge in [-0.25, -0.2) is 4.39 Å². The Balaban J connectivity index is 3.04. The molecule has 0 aliphatic rings. The maximum atomic E-state index is 12.7. The van der Waals surface area contributed by atoms with Crippen LogP contribution in [0.3, 0.4) is 0 Å². The molecule has 0 aliphatic heterocycles. The summed E-state index contributed by atoms with van der Waals surface area (Å²) in [5, 5.41) is 18.0. The molecular weight excluding hydrogens is 159 g/mol. The van der Waals surface area contributed by atoms with Crippen molar-refractivity contribution in [1.82, 2.24) is 0 Å². The SMILES string of the molecule is CC(CO)c1cc(F)ccc1O. The van der Waals surface area contributed by atoms with E-state index in [1.165, 1.54) is 18.2 Å². The van der Waals surface area contributed by atoms with Crippen LogP contribution in [-0.4, -0.2) is 16.8 Å². The molecule has 1 aromatic carbocycles. The number of phenols is 1. The summed E-state index contributed by atoms with van der Waals surface area (Å²) in [6.07, 6.45) is 0. The molecule has 0 spiro atoms. The number of hydrogen-bond acceptors (Lipinski definition) is 2. The van der Waals surface area contributed by atoms with Crippen molar-refractivity contribution in [2.24, 2.45) is 0 Å². The number of hydrogen-bond donors (Lipinski definition) is 2. The first-order valence-corrected chi connectivity index (χ1v) is 3.74. The van der Waals surface area contributed by atoms with Gasteiger partial charge in [-0.3, -0.25) is 0 Å². The number of halogens is 1. The van der Waals surface area contributed by atoms with Gasteiger partial charge in [-0.1, -0.05) is 6.92 Å². The zero-order valence-corrected chi connectivity index (χ0v) is 6.79. The minimum absolute atomic E-state index is 0.0259. The Labute approximate surface area is 70.3 Å². The molecule has 0 fully saturated rings. The molecule has 1 unspecified atom stereocenters. The van der Waals surface area contributed by atoms with Crippen LogP contribution in [0.5, 0.6) is 5.75 Å². The van der Waals surface area contributed by atoms with Crippen LogP contribution in [0.4, 0.5) is 4.39 Å². The standard InChI is InChI=1S/C9H11FO2/c1-6(5-11)8-4-7(10)2-3-9(8)12/h2-4,6,11-12H,5H2,1H3. The number of benzene rings is 1. The van der Waals surface area contributed by atoms with E-state index in [0.29, 0.717) is 5.56 Å². The van der Waals surface area contributed by atoms with E-state index in [2.05, 4.69) is 0 Å². The van der Waals surface area contributed by atoms with Crippen molar-refractivity contribution in [3.63, 3.8) is 0 Å². The number of rotatable bonds is 2. The lowest BCUT2D eigenvalue weighted by Crippen LogP contribution is -1.99. The van der Waals surface area contributed by atoms with E-state index in [-0.39, 0.29) is 18.3 Å². The summed E-state index contributed by atoms with van der Waals surface area (Å²) in [5.41, 5.74) is 0.442. The summed E-state index contributed by atoms with van der Waals surface area (Å²) in [6, 6.07) is 3.70. The molecule has 0 heterocycles. The fourth-order valence-corrected chi connectivity index (χ4v) is 1.02. The fraction of sp³-hybridized carbons (Fsp3) is 0.333. The molecule has 0 saturated carbocycles. The Morgan fingerprint density at radius 1 is 1.50 bits per heavy atom. The monoisotopic (exact) mass is 170 g/mol. The molecule has 66 valence electrons. The van der Waals surface area contributed by atoms with E-state index in [4.69, 9.17) is 5.11 Å². The van der Waals surface area contributed by atoms with Gasteiger partial charge in [-0.15, -0.1) is 0 Å². The zero-order chi connectivity index (χ0) is 9.14. The van der Waals surface area contributed by atoms with Crippen LogP contribution in [0.2, 0.25) is 0 Å². The summed E-state index contributed by atoms with van der Waals surface area (Å²) in [4.78, 5) is 0. The maximum absolute atomic E-state index is 12.7. The highest BCUT2D eigenvalue weighted by molar-refractivity contribution is 5.35. The first kappa shape index (κ1) is 9.00. The third kappa shape index (κ3) is 1.74. The van der Waals surface area contributed by atoms with Crippen molar-refractivity contribution in [1.29, 1.82) is 0 Å². The number of aliphatic hydroxyl groups is 1. The minimum atomic E-state index is -0.400. The Bertz CT molecular complexity index is 273. The molecule has 0 aromatic heterocycles. The predicted octanol–water partition coefficient (Wildman–Crippen LogP) is 1.63. The van der Waals surface area contributed by atoms with E-state index in [0.717, 1.165) is 0 Å². The molecule has 0 radical (unpaired) electrons. The molecule has 2 N–H and O–H groups in total. The van der Waals surface area contributed by atoms with E-state index in [1.54, 1.807) is 6.92 Å². The average Bonchev–Trinajstić information content (AvgIpc) is 2.08. The predicted molar refractivity (Wildman–Crippen MR) is 43.6 cm³/mol. The van der Waals surface area contributed by atoms with E-state index in [1.807, 2.05) is 0 Å². The van der Waals surface area contributed by atoms with Crippen molar-refractivity contribution < 1.29 is 14.6 Å². The third-order valence-electron chi connectivity index (χ3n) is 1.79. The Hall–Kier alpha value is -1.09. The number of phenolic OH excluding ortho intramolecular Hbond substituents is 1. The van der Waals surface area contributed by atoms with Gasteiger partial charge >= 0.3 is 0 Å². The second kappa shape index (κ2) is 3.54. The van der Waals surface area contributed by atoms with Crippen molar-refractivity contribution >= 4 is 0 Å². The summed E-state index contributed by atoms with van der Waals surface area (Å²) >= 11 is 0. The van der Waals surface area contributed by atoms with Crippen molar-refractivity contribution in [3.05, 3.63) is 29.6 Å². The van der Waals surface area contributed by atoms with Crippen LogP contribution in [0.1, 0.15) is 18.4 Å². The summed E-state index contributed by atoms with van der Waals surface area (Å²) in [7, 11) is 0. The first-order chi connectivity index (χ1) is 5.65. The van der Waals surface area contributed by atoms with E-state index < -0.39 is 5.82 Å². The molecule has 3 heteroatoms. The van der Waals surface area contributed by atoms with Gasteiger partial charge in [0, 0.05) is 18.1 Å². The van der Waals surface area contributed by atoms with Crippen molar-refractivity contribution in [2.75, 3.05) is 6.61 Å². The van der Waals surface area contributed by atoms with Crippen molar-refractivity contribution in [2.45, 2.75) is 12.8 Å². The normalized spacial score (nSPS) is 12.9. The Morgan fingerprint density at radius 2 is 2.17 bits per heavy atom. The summed E-state index contributed by atoms with van der Waals surface area (Å²) < 4.78 is 12.7. The van der Waals surface area contributed by atoms with Crippen LogP contribution in [0.15, 0.2) is 18.2 Å². The van der Waals surface area contributed by atoms with Gasteiger partial charge < -0.3 is 10.2 Å². The van der Waals surface area contributed by atoms with Crippen LogP contribution in [0.25, 0.3) is 0 Å². The van der Waals surface area contributed by atoms with E-state index in [9.17, 15) is 9.50 Å². The van der Waals surface area contributed by atoms with Crippen LogP contribution >= 0.6 is 0 Å². The van der Waals surface area contributed by atoms with Gasteiger partial charge in [0.25, 0.3) is 0 Å². The molecular formula is C9H11FO2. The molecule has 1 atom stereocenters. The van der Waals surface area contributed by atoms with Gasteiger partial charge in [0.15, 0.2) is 0 Å².